The lowest BCUT2D eigenvalue weighted by atomic mass is 10.1. The summed E-state index contributed by atoms with van der Waals surface area (Å²) in [6.07, 6.45) is 1.76. The maximum atomic E-state index is 10.8. The summed E-state index contributed by atoms with van der Waals surface area (Å²) in [6.45, 7) is 2.61. The first kappa shape index (κ1) is 17.5. The summed E-state index contributed by atoms with van der Waals surface area (Å²) in [5, 5.41) is 12.9. The van der Waals surface area contributed by atoms with E-state index in [4.69, 9.17) is 21.8 Å². The molecule has 0 amide bonds. The van der Waals surface area contributed by atoms with Gasteiger partial charge in [-0.15, -0.1) is 0 Å². The van der Waals surface area contributed by atoms with Gasteiger partial charge in [0.25, 0.3) is 0 Å². The molecule has 1 aromatic heterocycles. The standard InChI is InChI=1S/C18H24N2O3S/c1-11-4-5-14-12(8-11)6-7-20(18(14)24)15-9-13(10-22-3)17(16(15)21)23-19-2/h4-8,13,15-17,19,21H,9-10H2,1-3H3. The number of hydroxylamine groups is 1. The number of aryl methyl sites for hydroxylation is 1. The van der Waals surface area contributed by atoms with Gasteiger partial charge in [-0.1, -0.05) is 36.0 Å². The molecule has 5 nitrogen and oxygen atoms in total. The second-order valence-corrected chi connectivity index (χ2v) is 6.80. The van der Waals surface area contributed by atoms with E-state index in [0.717, 1.165) is 21.8 Å². The van der Waals surface area contributed by atoms with Gasteiger partial charge in [0, 0.05) is 31.7 Å². The highest BCUT2D eigenvalue weighted by molar-refractivity contribution is 7.71. The fraction of sp³-hybridized carbons (Fsp3) is 0.500. The number of fused-ring (bicyclic) bond motifs is 1. The summed E-state index contributed by atoms with van der Waals surface area (Å²) in [6, 6.07) is 8.18. The zero-order valence-electron chi connectivity index (χ0n) is 14.2. The Labute approximate surface area is 147 Å². The molecule has 6 heteroatoms. The third-order valence-corrected chi connectivity index (χ3v) is 5.25. The molecule has 1 aliphatic carbocycles. The van der Waals surface area contributed by atoms with Gasteiger partial charge in [-0.3, -0.25) is 4.84 Å². The number of hydrogen-bond acceptors (Lipinski definition) is 5. The molecule has 0 spiro atoms. The van der Waals surface area contributed by atoms with Gasteiger partial charge < -0.3 is 14.4 Å². The van der Waals surface area contributed by atoms with Crippen LogP contribution in [0.5, 0.6) is 0 Å². The topological polar surface area (TPSA) is 55.7 Å². The predicted octanol–water partition coefficient (Wildman–Crippen LogP) is 2.77. The van der Waals surface area contributed by atoms with Crippen LogP contribution in [-0.2, 0) is 9.57 Å². The lowest BCUT2D eigenvalue weighted by molar-refractivity contribution is -0.0970. The number of benzene rings is 1. The summed E-state index contributed by atoms with van der Waals surface area (Å²) in [4.78, 5) is 5.55. The van der Waals surface area contributed by atoms with Crippen molar-refractivity contribution in [3.05, 3.63) is 40.7 Å². The van der Waals surface area contributed by atoms with Crippen molar-refractivity contribution in [1.82, 2.24) is 10.0 Å². The minimum Gasteiger partial charge on any atom is -0.388 e. The van der Waals surface area contributed by atoms with E-state index in [2.05, 4.69) is 36.7 Å². The van der Waals surface area contributed by atoms with Gasteiger partial charge in [0.2, 0.25) is 0 Å². The summed E-state index contributed by atoms with van der Waals surface area (Å²) in [7, 11) is 3.37. The number of hydrogen-bond donors (Lipinski definition) is 2. The smallest absolute Gasteiger partial charge is 0.114 e. The van der Waals surface area contributed by atoms with Gasteiger partial charge in [-0.2, -0.15) is 0 Å². The van der Waals surface area contributed by atoms with Gasteiger partial charge in [0.05, 0.1) is 12.6 Å². The Morgan fingerprint density at radius 3 is 2.88 bits per heavy atom. The van der Waals surface area contributed by atoms with Gasteiger partial charge in [-0.25, -0.2) is 5.48 Å². The molecule has 4 atom stereocenters. The highest BCUT2D eigenvalue weighted by atomic mass is 32.1. The van der Waals surface area contributed by atoms with Crippen LogP contribution in [0.25, 0.3) is 10.8 Å². The first-order valence-corrected chi connectivity index (χ1v) is 8.58. The molecule has 0 radical (unpaired) electrons. The third-order valence-electron chi connectivity index (χ3n) is 4.82. The molecule has 0 aliphatic heterocycles. The average molecular weight is 348 g/mol. The van der Waals surface area contributed by atoms with Crippen LogP contribution in [0.15, 0.2) is 30.5 Å². The SMILES string of the molecule is CNOC1C(COC)CC(n2ccc3cc(C)ccc3c2=S)C1O. The molecular formula is C18H24N2O3S. The van der Waals surface area contributed by atoms with E-state index in [1.54, 1.807) is 14.2 Å². The highest BCUT2D eigenvalue weighted by Crippen LogP contribution is 2.38. The van der Waals surface area contributed by atoms with E-state index in [9.17, 15) is 5.11 Å². The van der Waals surface area contributed by atoms with Crippen LogP contribution in [0.1, 0.15) is 18.0 Å². The quantitative estimate of drug-likeness (QED) is 0.643. The van der Waals surface area contributed by atoms with Crippen LogP contribution in [0, 0.1) is 17.5 Å². The number of nitrogens with one attached hydrogen (secondary N) is 1. The minimum absolute atomic E-state index is 0.109. The molecule has 3 rings (SSSR count). The van der Waals surface area contributed by atoms with Crippen LogP contribution in [0.3, 0.4) is 0 Å². The Morgan fingerprint density at radius 1 is 1.38 bits per heavy atom. The number of aliphatic hydroxyl groups is 1. The maximum Gasteiger partial charge on any atom is 0.114 e. The van der Waals surface area contributed by atoms with Crippen molar-refractivity contribution in [1.29, 1.82) is 0 Å². The fourth-order valence-electron chi connectivity index (χ4n) is 3.68. The van der Waals surface area contributed by atoms with E-state index < -0.39 is 6.10 Å². The van der Waals surface area contributed by atoms with E-state index in [1.807, 2.05) is 10.8 Å². The molecule has 0 bridgehead atoms. The van der Waals surface area contributed by atoms with Crippen LogP contribution in [0.2, 0.25) is 0 Å². The second-order valence-electron chi connectivity index (χ2n) is 6.41. The van der Waals surface area contributed by atoms with Crippen molar-refractivity contribution in [2.24, 2.45) is 5.92 Å². The number of nitrogens with zero attached hydrogens (tertiary/aromatic N) is 1. The molecule has 1 saturated carbocycles. The van der Waals surface area contributed by atoms with E-state index in [-0.39, 0.29) is 18.1 Å². The van der Waals surface area contributed by atoms with E-state index in [1.165, 1.54) is 5.56 Å². The molecule has 1 fully saturated rings. The van der Waals surface area contributed by atoms with E-state index >= 15 is 0 Å². The third kappa shape index (κ3) is 3.12. The van der Waals surface area contributed by atoms with E-state index in [0.29, 0.717) is 6.61 Å². The molecule has 1 aromatic carbocycles. The first-order valence-electron chi connectivity index (χ1n) is 8.17. The zero-order chi connectivity index (χ0) is 17.3. The largest absolute Gasteiger partial charge is 0.388 e. The molecule has 1 heterocycles. The zero-order valence-corrected chi connectivity index (χ0v) is 15.0. The van der Waals surface area contributed by atoms with Crippen LogP contribution < -0.4 is 5.48 Å². The van der Waals surface area contributed by atoms with Gasteiger partial charge >= 0.3 is 0 Å². The number of aromatic nitrogens is 1. The summed E-state index contributed by atoms with van der Waals surface area (Å²) in [5.74, 6) is 0.109. The second kappa shape index (κ2) is 7.29. The van der Waals surface area contributed by atoms with Crippen LogP contribution >= 0.6 is 12.2 Å². The Kier molecular flexibility index (Phi) is 5.32. The monoisotopic (exact) mass is 348 g/mol. The number of methoxy groups -OCH3 is 1. The first-order chi connectivity index (χ1) is 11.6. The summed E-state index contributed by atoms with van der Waals surface area (Å²) < 4.78 is 8.04. The number of pyridine rings is 1. The van der Waals surface area contributed by atoms with Gasteiger partial charge in [0.1, 0.15) is 16.8 Å². The lowest BCUT2D eigenvalue weighted by Crippen LogP contribution is -2.36. The van der Waals surface area contributed by atoms with Gasteiger partial charge in [-0.05, 0) is 24.8 Å². The van der Waals surface area contributed by atoms with Gasteiger partial charge in [0.15, 0.2) is 0 Å². The molecule has 1 aliphatic rings. The molecule has 24 heavy (non-hydrogen) atoms. The maximum absolute atomic E-state index is 10.8. The molecule has 2 aromatic rings. The van der Waals surface area contributed by atoms with Crippen molar-refractivity contribution in [2.45, 2.75) is 31.6 Å². The van der Waals surface area contributed by atoms with Crippen molar-refractivity contribution >= 4 is 23.0 Å². The highest BCUT2D eigenvalue weighted by Gasteiger charge is 2.44. The molecule has 0 saturated heterocycles. The molecule has 2 N–H and O–H groups in total. The number of rotatable bonds is 5. The summed E-state index contributed by atoms with van der Waals surface area (Å²) >= 11 is 5.70. The van der Waals surface area contributed by atoms with Crippen molar-refractivity contribution < 1.29 is 14.7 Å². The summed E-state index contributed by atoms with van der Waals surface area (Å²) in [5.41, 5.74) is 3.91. The number of aliphatic hydroxyl groups excluding tert-OH is 1. The average Bonchev–Trinajstić information content (AvgIpc) is 2.85. The Balaban J connectivity index is 1.99. The predicted molar refractivity (Wildman–Crippen MR) is 96.5 cm³/mol. The Hall–Kier alpha value is -1.31. The lowest BCUT2D eigenvalue weighted by Gasteiger charge is -2.23. The van der Waals surface area contributed by atoms with Crippen molar-refractivity contribution in [3.8, 4) is 0 Å². The van der Waals surface area contributed by atoms with Crippen molar-refractivity contribution in [2.75, 3.05) is 20.8 Å². The normalized spacial score (nSPS) is 27.0. The molecule has 4 unspecified atom stereocenters. The fourth-order valence-corrected chi connectivity index (χ4v) is 4.06. The Morgan fingerprint density at radius 2 is 2.17 bits per heavy atom. The van der Waals surface area contributed by atoms with Crippen molar-refractivity contribution in [3.63, 3.8) is 0 Å². The molecular weight excluding hydrogens is 324 g/mol. The minimum atomic E-state index is -0.646. The number of ether oxygens (including phenoxy) is 1. The molecule has 130 valence electrons. The Bertz CT molecular complexity index is 776. The van der Waals surface area contributed by atoms with Crippen LogP contribution in [0.4, 0.5) is 0 Å². The van der Waals surface area contributed by atoms with Crippen LogP contribution in [-0.4, -0.2) is 42.6 Å².